The first-order valence-electron chi connectivity index (χ1n) is 8.63. The highest BCUT2D eigenvalue weighted by Gasteiger charge is 2.15. The van der Waals surface area contributed by atoms with Crippen molar-refractivity contribution in [1.29, 1.82) is 0 Å². The molecule has 2 aromatic carbocycles. The molecule has 4 rings (SSSR count). The van der Waals surface area contributed by atoms with E-state index in [0.29, 0.717) is 13.1 Å². The van der Waals surface area contributed by atoms with Gasteiger partial charge in [-0.25, -0.2) is 4.98 Å². The summed E-state index contributed by atoms with van der Waals surface area (Å²) in [7, 11) is 0. The largest absolute Gasteiger partial charge is 0.481 e. The van der Waals surface area contributed by atoms with E-state index >= 15 is 0 Å². The number of hydrogen-bond acceptors (Lipinski definition) is 5. The molecule has 28 heavy (non-hydrogen) atoms. The van der Waals surface area contributed by atoms with Crippen LogP contribution < -0.4 is 4.90 Å². The maximum Gasteiger partial charge on any atom is 0.305 e. The topological polar surface area (TPSA) is 53.4 Å². The Labute approximate surface area is 177 Å². The summed E-state index contributed by atoms with van der Waals surface area (Å²) in [5, 5.41) is 16.4. The number of hydrogen-bond donors (Lipinski definition) is 1. The maximum absolute atomic E-state index is 11.0. The van der Waals surface area contributed by atoms with E-state index in [1.165, 1.54) is 15.6 Å². The van der Waals surface area contributed by atoms with Gasteiger partial charge in [-0.3, -0.25) is 4.79 Å². The van der Waals surface area contributed by atoms with Crippen LogP contribution in [0.2, 0.25) is 0 Å². The van der Waals surface area contributed by atoms with Crippen LogP contribution in [0.1, 0.15) is 11.3 Å². The summed E-state index contributed by atoms with van der Waals surface area (Å²) in [6.07, 6.45) is 0.0935. The van der Waals surface area contributed by atoms with E-state index in [9.17, 15) is 4.79 Å². The molecule has 0 radical (unpaired) electrons. The van der Waals surface area contributed by atoms with Gasteiger partial charge in [0.15, 0.2) is 5.13 Å². The van der Waals surface area contributed by atoms with Gasteiger partial charge in [0.2, 0.25) is 0 Å². The molecule has 7 heteroatoms. The van der Waals surface area contributed by atoms with E-state index < -0.39 is 5.97 Å². The molecule has 0 unspecified atom stereocenters. The number of benzene rings is 2. The number of halogens is 1. The van der Waals surface area contributed by atoms with Gasteiger partial charge in [0.05, 0.1) is 18.7 Å². The number of aliphatic carboxylic acids is 1. The zero-order valence-electron chi connectivity index (χ0n) is 14.9. The van der Waals surface area contributed by atoms with Crippen molar-refractivity contribution >= 4 is 57.0 Å². The first-order chi connectivity index (χ1) is 13.2. The molecule has 0 saturated carbocycles. The van der Waals surface area contributed by atoms with E-state index in [4.69, 9.17) is 10.1 Å². The lowest BCUT2D eigenvalue weighted by Gasteiger charge is -2.20. The molecule has 1 N–H and O–H groups in total. The van der Waals surface area contributed by atoms with E-state index in [1.807, 2.05) is 29.0 Å². The fraction of sp³-hybridized carbons (Fsp3) is 0.143. The molecule has 0 spiro atoms. The van der Waals surface area contributed by atoms with Crippen LogP contribution >= 0.6 is 35.1 Å². The van der Waals surface area contributed by atoms with Crippen molar-refractivity contribution in [2.75, 3.05) is 11.4 Å². The zero-order valence-corrected chi connectivity index (χ0v) is 17.4. The quantitative estimate of drug-likeness (QED) is 0.395. The van der Waals surface area contributed by atoms with Gasteiger partial charge >= 0.3 is 5.97 Å². The lowest BCUT2D eigenvalue weighted by atomic mass is 10.1. The minimum atomic E-state index is -0.794. The van der Waals surface area contributed by atoms with Crippen LogP contribution in [0.25, 0.3) is 22.0 Å². The summed E-state index contributed by atoms with van der Waals surface area (Å²) < 4.78 is 0. The fourth-order valence-electron chi connectivity index (χ4n) is 2.95. The molecule has 2 aromatic heterocycles. The second-order valence-electron chi connectivity index (χ2n) is 6.22. The highest BCUT2D eigenvalue weighted by molar-refractivity contribution is 7.14. The van der Waals surface area contributed by atoms with Crippen LogP contribution in [0.5, 0.6) is 0 Å². The predicted octanol–water partition coefficient (Wildman–Crippen LogP) is 5.93. The predicted molar refractivity (Wildman–Crippen MR) is 120 cm³/mol. The number of carbonyl (C=O) groups is 1. The third-order valence-electron chi connectivity index (χ3n) is 4.33. The van der Waals surface area contributed by atoms with Gasteiger partial charge in [-0.2, -0.15) is 0 Å². The van der Waals surface area contributed by atoms with Crippen LogP contribution in [-0.2, 0) is 11.3 Å². The smallest absolute Gasteiger partial charge is 0.305 e. The first kappa shape index (κ1) is 20.3. The number of fused-ring (bicyclic) bond motifs is 1. The van der Waals surface area contributed by atoms with Crippen molar-refractivity contribution in [2.45, 2.75) is 13.0 Å². The Kier molecular flexibility index (Phi) is 6.67. The standard InChI is InChI=1S/C21H18N2O2S2.ClH/c24-20(25)9-10-23(13-18-6-3-11-26-18)21-22-19(14-27-21)17-8-7-15-4-1-2-5-16(15)12-17;/h1-8,11-12,14H,9-10,13H2,(H,24,25);1H. The molecular formula is C21H19ClN2O2S2. The molecule has 0 bridgehead atoms. The Morgan fingerprint density at radius 1 is 1.04 bits per heavy atom. The highest BCUT2D eigenvalue weighted by Crippen LogP contribution is 2.30. The van der Waals surface area contributed by atoms with Crippen LogP contribution in [0.15, 0.2) is 65.4 Å². The molecule has 144 valence electrons. The minimum Gasteiger partial charge on any atom is -0.481 e. The van der Waals surface area contributed by atoms with Crippen molar-refractivity contribution in [3.63, 3.8) is 0 Å². The minimum absolute atomic E-state index is 0. The zero-order chi connectivity index (χ0) is 18.6. The third kappa shape index (κ3) is 4.70. The molecule has 0 aliphatic rings. The van der Waals surface area contributed by atoms with E-state index in [-0.39, 0.29) is 18.8 Å². The highest BCUT2D eigenvalue weighted by atomic mass is 35.5. The van der Waals surface area contributed by atoms with Crippen molar-refractivity contribution in [3.05, 3.63) is 70.2 Å². The van der Waals surface area contributed by atoms with E-state index in [0.717, 1.165) is 16.4 Å². The SMILES string of the molecule is Cl.O=C(O)CCN(Cc1cccs1)c1nc(-c2ccc3ccccc3c2)cs1. The van der Waals surface area contributed by atoms with Gasteiger partial charge < -0.3 is 10.0 Å². The molecule has 0 aliphatic carbocycles. The molecule has 4 aromatic rings. The number of carboxylic acids is 1. The summed E-state index contributed by atoms with van der Waals surface area (Å²) in [6.45, 7) is 1.12. The summed E-state index contributed by atoms with van der Waals surface area (Å²) in [6, 6.07) is 18.7. The third-order valence-corrected chi connectivity index (χ3v) is 6.09. The van der Waals surface area contributed by atoms with E-state index in [2.05, 4.69) is 41.3 Å². The average Bonchev–Trinajstić information content (AvgIpc) is 3.36. The number of carboxylic acid groups (broad SMARTS) is 1. The van der Waals surface area contributed by atoms with Gasteiger partial charge in [0.25, 0.3) is 0 Å². The van der Waals surface area contributed by atoms with Gasteiger partial charge in [-0.05, 0) is 28.3 Å². The number of anilines is 1. The Bertz CT molecular complexity index is 1060. The Hall–Kier alpha value is -2.41. The number of aromatic nitrogens is 1. The molecule has 0 aliphatic heterocycles. The molecule has 0 saturated heterocycles. The Morgan fingerprint density at radius 2 is 1.86 bits per heavy atom. The second-order valence-corrected chi connectivity index (χ2v) is 8.09. The monoisotopic (exact) mass is 430 g/mol. The van der Waals surface area contributed by atoms with E-state index in [1.54, 1.807) is 22.7 Å². The Balaban J connectivity index is 0.00000225. The average molecular weight is 431 g/mol. The number of rotatable bonds is 7. The molecule has 0 fully saturated rings. The van der Waals surface area contributed by atoms with Crippen molar-refractivity contribution in [3.8, 4) is 11.3 Å². The lowest BCUT2D eigenvalue weighted by Crippen LogP contribution is -2.25. The lowest BCUT2D eigenvalue weighted by molar-refractivity contribution is -0.136. The summed E-state index contributed by atoms with van der Waals surface area (Å²) in [5.74, 6) is -0.794. The summed E-state index contributed by atoms with van der Waals surface area (Å²) in [4.78, 5) is 19.1. The van der Waals surface area contributed by atoms with Gasteiger partial charge in [0, 0.05) is 22.4 Å². The van der Waals surface area contributed by atoms with Gasteiger partial charge in [-0.15, -0.1) is 35.1 Å². The van der Waals surface area contributed by atoms with Crippen molar-refractivity contribution in [2.24, 2.45) is 0 Å². The number of nitrogens with zero attached hydrogens (tertiary/aromatic N) is 2. The second kappa shape index (κ2) is 9.19. The molecule has 2 heterocycles. The fourth-order valence-corrected chi connectivity index (χ4v) is 4.54. The number of thiazole rings is 1. The van der Waals surface area contributed by atoms with Crippen LogP contribution in [0.3, 0.4) is 0 Å². The van der Waals surface area contributed by atoms with Crippen LogP contribution in [0, 0.1) is 0 Å². The first-order valence-corrected chi connectivity index (χ1v) is 10.4. The normalized spacial score (nSPS) is 10.6. The summed E-state index contributed by atoms with van der Waals surface area (Å²) in [5.41, 5.74) is 2.00. The van der Waals surface area contributed by atoms with Crippen LogP contribution in [0.4, 0.5) is 5.13 Å². The van der Waals surface area contributed by atoms with Gasteiger partial charge in [-0.1, -0.05) is 42.5 Å². The molecule has 4 nitrogen and oxygen atoms in total. The van der Waals surface area contributed by atoms with Crippen molar-refractivity contribution in [1.82, 2.24) is 4.98 Å². The molecular weight excluding hydrogens is 412 g/mol. The van der Waals surface area contributed by atoms with Crippen molar-refractivity contribution < 1.29 is 9.90 Å². The van der Waals surface area contributed by atoms with Crippen LogP contribution in [-0.4, -0.2) is 22.6 Å². The maximum atomic E-state index is 11.0. The Morgan fingerprint density at radius 3 is 2.61 bits per heavy atom. The molecule has 0 atom stereocenters. The summed E-state index contributed by atoms with van der Waals surface area (Å²) >= 11 is 3.23. The number of thiophene rings is 1. The van der Waals surface area contributed by atoms with Gasteiger partial charge in [0.1, 0.15) is 0 Å². The molecule has 0 amide bonds.